The van der Waals surface area contributed by atoms with Crippen molar-refractivity contribution >= 4 is 29.5 Å². The fourth-order valence-electron chi connectivity index (χ4n) is 2.15. The van der Waals surface area contributed by atoms with E-state index in [1.54, 1.807) is 0 Å². The van der Waals surface area contributed by atoms with Crippen molar-refractivity contribution in [2.24, 2.45) is 0 Å². The number of hydrogen-bond acceptors (Lipinski definition) is 5. The van der Waals surface area contributed by atoms with E-state index in [-0.39, 0.29) is 5.97 Å². The molecule has 0 aliphatic carbocycles. The number of ether oxygens (including phenoxy) is 1. The Morgan fingerprint density at radius 1 is 1.35 bits per heavy atom. The van der Waals surface area contributed by atoms with Crippen molar-refractivity contribution in [1.29, 1.82) is 0 Å². The largest absolute Gasteiger partial charge is 0.469 e. The molecule has 1 fully saturated rings. The van der Waals surface area contributed by atoms with E-state index in [4.69, 9.17) is 4.74 Å². The highest BCUT2D eigenvalue weighted by molar-refractivity contribution is 8.06. The molecule has 2 rings (SSSR count). The molecule has 1 aromatic carbocycles. The molecule has 1 aliphatic rings. The number of hydrogen-bond donors (Lipinski definition) is 1. The fraction of sp³-hybridized carbons (Fsp3) is 0.533. The Labute approximate surface area is 129 Å². The minimum absolute atomic E-state index is 0.184. The molecule has 110 valence electrons. The zero-order chi connectivity index (χ0) is 14.2. The van der Waals surface area contributed by atoms with Gasteiger partial charge < -0.3 is 10.1 Å². The Bertz CT molecular complexity index is 434. The summed E-state index contributed by atoms with van der Waals surface area (Å²) >= 11 is 4.10. The SMILES string of the molecule is COC(=O)Cc1ccccc1CNCC1CSCCS1. The Hall–Kier alpha value is -0.650. The number of methoxy groups -OCH3 is 1. The van der Waals surface area contributed by atoms with Gasteiger partial charge in [-0.25, -0.2) is 0 Å². The predicted molar refractivity (Wildman–Crippen MR) is 87.4 cm³/mol. The molecule has 0 bridgehead atoms. The van der Waals surface area contributed by atoms with Gasteiger partial charge in [-0.15, -0.1) is 0 Å². The first-order chi connectivity index (χ1) is 9.79. The molecule has 0 spiro atoms. The lowest BCUT2D eigenvalue weighted by atomic mass is 10.0. The van der Waals surface area contributed by atoms with Crippen LogP contribution in [-0.2, 0) is 22.5 Å². The summed E-state index contributed by atoms with van der Waals surface area (Å²) in [7, 11) is 1.43. The van der Waals surface area contributed by atoms with Crippen molar-refractivity contribution in [3.8, 4) is 0 Å². The van der Waals surface area contributed by atoms with Gasteiger partial charge in [-0.05, 0) is 11.1 Å². The van der Waals surface area contributed by atoms with Crippen LogP contribution in [0.15, 0.2) is 24.3 Å². The Balaban J connectivity index is 1.83. The van der Waals surface area contributed by atoms with Gasteiger partial charge in [0.25, 0.3) is 0 Å². The molecule has 5 heteroatoms. The number of nitrogens with one attached hydrogen (secondary N) is 1. The summed E-state index contributed by atoms with van der Waals surface area (Å²) in [5, 5.41) is 4.23. The van der Waals surface area contributed by atoms with Crippen LogP contribution in [0.2, 0.25) is 0 Å². The molecular formula is C15H21NO2S2. The van der Waals surface area contributed by atoms with E-state index in [9.17, 15) is 4.79 Å². The highest BCUT2D eigenvalue weighted by Crippen LogP contribution is 2.23. The van der Waals surface area contributed by atoms with Crippen molar-refractivity contribution in [3.63, 3.8) is 0 Å². The molecule has 0 saturated carbocycles. The standard InChI is InChI=1S/C15H21NO2S2/c1-18-15(17)8-12-4-2-3-5-13(12)9-16-10-14-11-19-6-7-20-14/h2-5,14,16H,6-11H2,1H3. The van der Waals surface area contributed by atoms with Gasteiger partial charge in [0.05, 0.1) is 13.5 Å². The maximum absolute atomic E-state index is 11.4. The van der Waals surface area contributed by atoms with Crippen LogP contribution in [-0.4, -0.2) is 42.1 Å². The molecule has 0 radical (unpaired) electrons. The van der Waals surface area contributed by atoms with Crippen molar-refractivity contribution < 1.29 is 9.53 Å². The number of carbonyl (C=O) groups is 1. The highest BCUT2D eigenvalue weighted by atomic mass is 32.2. The van der Waals surface area contributed by atoms with E-state index < -0.39 is 0 Å². The zero-order valence-electron chi connectivity index (χ0n) is 11.8. The fourth-order valence-corrected chi connectivity index (χ4v) is 4.80. The first-order valence-electron chi connectivity index (χ1n) is 6.83. The third-order valence-corrected chi connectivity index (χ3v) is 6.10. The van der Waals surface area contributed by atoms with Gasteiger partial charge in [-0.3, -0.25) is 4.79 Å². The summed E-state index contributed by atoms with van der Waals surface area (Å²) in [4.78, 5) is 11.4. The second-order valence-corrected chi connectivity index (χ2v) is 7.28. The predicted octanol–water partition coefficient (Wildman–Crippen LogP) is 2.34. The van der Waals surface area contributed by atoms with Crippen LogP contribution in [0, 0.1) is 0 Å². The van der Waals surface area contributed by atoms with Gasteiger partial charge >= 0.3 is 5.97 Å². The van der Waals surface area contributed by atoms with E-state index in [0.717, 1.165) is 18.7 Å². The molecule has 1 heterocycles. The Morgan fingerprint density at radius 3 is 2.85 bits per heavy atom. The first-order valence-corrected chi connectivity index (χ1v) is 9.03. The maximum Gasteiger partial charge on any atom is 0.309 e. The molecule has 1 unspecified atom stereocenters. The summed E-state index contributed by atoms with van der Waals surface area (Å²) in [6, 6.07) is 8.06. The minimum Gasteiger partial charge on any atom is -0.469 e. The number of carbonyl (C=O) groups excluding carboxylic acids is 1. The number of benzene rings is 1. The molecule has 1 saturated heterocycles. The lowest BCUT2D eigenvalue weighted by Crippen LogP contribution is -2.29. The number of esters is 1. The molecule has 1 N–H and O–H groups in total. The summed E-state index contributed by atoms with van der Waals surface area (Å²) in [6.45, 7) is 1.85. The molecule has 0 amide bonds. The van der Waals surface area contributed by atoms with Crippen LogP contribution in [0.1, 0.15) is 11.1 Å². The Kier molecular flexibility index (Phi) is 6.76. The molecule has 3 nitrogen and oxygen atoms in total. The quantitative estimate of drug-likeness (QED) is 0.816. The highest BCUT2D eigenvalue weighted by Gasteiger charge is 2.14. The van der Waals surface area contributed by atoms with Gasteiger partial charge in [0.1, 0.15) is 0 Å². The summed E-state index contributed by atoms with van der Waals surface area (Å²) in [5.41, 5.74) is 2.24. The van der Waals surface area contributed by atoms with Crippen molar-refractivity contribution in [2.75, 3.05) is 30.9 Å². The minimum atomic E-state index is -0.184. The molecule has 0 aromatic heterocycles. The van der Waals surface area contributed by atoms with Crippen molar-refractivity contribution in [2.45, 2.75) is 18.2 Å². The molecule has 20 heavy (non-hydrogen) atoms. The summed E-state index contributed by atoms with van der Waals surface area (Å²) in [5.74, 6) is 3.59. The van der Waals surface area contributed by atoms with Gasteiger partial charge in [-0.2, -0.15) is 23.5 Å². The van der Waals surface area contributed by atoms with Crippen molar-refractivity contribution in [3.05, 3.63) is 35.4 Å². The smallest absolute Gasteiger partial charge is 0.309 e. The van der Waals surface area contributed by atoms with Gasteiger partial charge in [0, 0.05) is 35.6 Å². The van der Waals surface area contributed by atoms with E-state index in [0.29, 0.717) is 11.7 Å². The van der Waals surface area contributed by atoms with Crippen LogP contribution < -0.4 is 5.32 Å². The lowest BCUT2D eigenvalue weighted by molar-refractivity contribution is -0.139. The number of thioether (sulfide) groups is 2. The van der Waals surface area contributed by atoms with Crippen LogP contribution in [0.5, 0.6) is 0 Å². The van der Waals surface area contributed by atoms with E-state index in [1.165, 1.54) is 29.9 Å². The third kappa shape index (κ3) is 5.04. The first kappa shape index (κ1) is 15.7. The lowest BCUT2D eigenvalue weighted by Gasteiger charge is -2.21. The monoisotopic (exact) mass is 311 g/mol. The normalized spacial score (nSPS) is 18.8. The van der Waals surface area contributed by atoms with E-state index >= 15 is 0 Å². The average molecular weight is 311 g/mol. The van der Waals surface area contributed by atoms with Gasteiger partial charge in [-0.1, -0.05) is 24.3 Å². The average Bonchev–Trinajstić information content (AvgIpc) is 2.50. The molecule has 1 aliphatic heterocycles. The summed E-state index contributed by atoms with van der Waals surface area (Å²) in [6.07, 6.45) is 0.350. The number of rotatable bonds is 6. The molecular weight excluding hydrogens is 290 g/mol. The van der Waals surface area contributed by atoms with Crippen LogP contribution in [0.25, 0.3) is 0 Å². The Morgan fingerprint density at radius 2 is 2.15 bits per heavy atom. The third-order valence-electron chi connectivity index (χ3n) is 3.25. The van der Waals surface area contributed by atoms with Crippen LogP contribution in [0.3, 0.4) is 0 Å². The van der Waals surface area contributed by atoms with Gasteiger partial charge in [0.15, 0.2) is 0 Å². The van der Waals surface area contributed by atoms with Gasteiger partial charge in [0.2, 0.25) is 0 Å². The molecule has 1 aromatic rings. The second-order valence-electron chi connectivity index (χ2n) is 4.72. The topological polar surface area (TPSA) is 38.3 Å². The van der Waals surface area contributed by atoms with E-state index in [1.807, 2.05) is 30.0 Å². The van der Waals surface area contributed by atoms with Crippen LogP contribution in [0.4, 0.5) is 0 Å². The van der Waals surface area contributed by atoms with E-state index in [2.05, 4.69) is 23.1 Å². The molecule has 1 atom stereocenters. The zero-order valence-corrected chi connectivity index (χ0v) is 13.4. The van der Waals surface area contributed by atoms with Crippen LogP contribution >= 0.6 is 23.5 Å². The second kappa shape index (κ2) is 8.60. The summed E-state index contributed by atoms with van der Waals surface area (Å²) < 4.78 is 4.74. The maximum atomic E-state index is 11.4. The van der Waals surface area contributed by atoms with Crippen molar-refractivity contribution in [1.82, 2.24) is 5.32 Å².